The van der Waals surface area contributed by atoms with Crippen LogP contribution in [-0.2, 0) is 0 Å². The van der Waals surface area contributed by atoms with Gasteiger partial charge in [0.25, 0.3) is 0 Å². The summed E-state index contributed by atoms with van der Waals surface area (Å²) in [6, 6.07) is 17.7. The van der Waals surface area contributed by atoms with Gasteiger partial charge in [-0.1, -0.05) is 75.6 Å². The molecule has 2 unspecified atom stereocenters. The topological polar surface area (TPSA) is 3.24 Å². The molecule has 2 atom stereocenters. The smallest absolute Gasteiger partial charge is 0.0413 e. The first-order valence-corrected chi connectivity index (χ1v) is 9.42. The van der Waals surface area contributed by atoms with Crippen LogP contribution in [0.15, 0.2) is 60.8 Å². The second-order valence-electron chi connectivity index (χ2n) is 7.35. The summed E-state index contributed by atoms with van der Waals surface area (Å²) in [7, 11) is 0. The zero-order valence-corrected chi connectivity index (χ0v) is 15.7. The van der Waals surface area contributed by atoms with E-state index in [0.717, 1.165) is 11.6 Å². The number of aryl methyl sites for hydroxylation is 1. The third kappa shape index (κ3) is 5.70. The largest absolute Gasteiger partial charge is 0.343 e. The quantitative estimate of drug-likeness (QED) is 0.590. The van der Waals surface area contributed by atoms with Gasteiger partial charge in [0.15, 0.2) is 0 Å². The summed E-state index contributed by atoms with van der Waals surface area (Å²) in [6.07, 6.45) is 7.98. The molecule has 1 aliphatic carbocycles. The molecule has 0 amide bonds. The van der Waals surface area contributed by atoms with Gasteiger partial charge in [0.05, 0.1) is 0 Å². The molecule has 24 heavy (non-hydrogen) atoms. The zero-order valence-electron chi connectivity index (χ0n) is 15.7. The van der Waals surface area contributed by atoms with Crippen LogP contribution in [0.4, 0.5) is 5.69 Å². The average molecular weight is 324 g/mol. The van der Waals surface area contributed by atoms with E-state index in [9.17, 15) is 0 Å². The number of hydrogen-bond donors (Lipinski definition) is 0. The van der Waals surface area contributed by atoms with Gasteiger partial charge < -0.3 is 4.90 Å². The molecule has 0 bridgehead atoms. The Morgan fingerprint density at radius 1 is 1.00 bits per heavy atom. The molecule has 0 aliphatic heterocycles. The van der Waals surface area contributed by atoms with Gasteiger partial charge in [-0.25, -0.2) is 0 Å². The fourth-order valence-corrected chi connectivity index (χ4v) is 3.76. The van der Waals surface area contributed by atoms with Crippen molar-refractivity contribution in [1.82, 2.24) is 0 Å². The summed E-state index contributed by atoms with van der Waals surface area (Å²) < 4.78 is 0. The van der Waals surface area contributed by atoms with Gasteiger partial charge >= 0.3 is 0 Å². The fourth-order valence-electron chi connectivity index (χ4n) is 3.76. The SMILES string of the molecule is C=C(C)N(c1cccccccc(C)c1)C1CCCCCC(C)C1. The predicted octanol–water partition coefficient (Wildman–Crippen LogP) is 6.82. The maximum Gasteiger partial charge on any atom is 0.0413 e. The van der Waals surface area contributed by atoms with Crippen molar-refractivity contribution >= 4 is 5.69 Å². The van der Waals surface area contributed by atoms with E-state index in [1.807, 2.05) is 0 Å². The van der Waals surface area contributed by atoms with Crippen LogP contribution in [0.2, 0.25) is 0 Å². The third-order valence-electron chi connectivity index (χ3n) is 4.91. The van der Waals surface area contributed by atoms with Gasteiger partial charge in [-0.3, -0.25) is 0 Å². The van der Waals surface area contributed by atoms with Crippen molar-refractivity contribution in [2.45, 2.75) is 65.3 Å². The van der Waals surface area contributed by atoms with E-state index >= 15 is 0 Å². The molecular formula is C23H33N. The van der Waals surface area contributed by atoms with Gasteiger partial charge in [-0.15, -0.1) is 0 Å². The average Bonchev–Trinajstić information content (AvgIpc) is 2.50. The summed E-state index contributed by atoms with van der Waals surface area (Å²) in [4.78, 5) is 2.48. The molecule has 0 heterocycles. The monoisotopic (exact) mass is 323 g/mol. The highest BCUT2D eigenvalue weighted by molar-refractivity contribution is 5.52. The first-order valence-electron chi connectivity index (χ1n) is 9.42. The summed E-state index contributed by atoms with van der Waals surface area (Å²) >= 11 is 0. The van der Waals surface area contributed by atoms with Crippen molar-refractivity contribution in [2.75, 3.05) is 4.90 Å². The highest BCUT2D eigenvalue weighted by Gasteiger charge is 2.23. The van der Waals surface area contributed by atoms with Crippen LogP contribution < -0.4 is 4.90 Å². The number of nitrogens with zero attached hydrogens (tertiary/aromatic N) is 1. The molecule has 0 aromatic heterocycles. The van der Waals surface area contributed by atoms with Crippen LogP contribution in [0.1, 0.15) is 57.9 Å². The molecular weight excluding hydrogens is 290 g/mol. The maximum absolute atomic E-state index is 4.31. The fraction of sp³-hybridized carbons (Fsp3) is 0.478. The lowest BCUT2D eigenvalue weighted by molar-refractivity contribution is 0.362. The van der Waals surface area contributed by atoms with Crippen LogP contribution in [0.25, 0.3) is 0 Å². The Hall–Kier alpha value is -1.76. The van der Waals surface area contributed by atoms with Gasteiger partial charge in [-0.05, 0) is 50.3 Å². The lowest BCUT2D eigenvalue weighted by atomic mass is 9.88. The van der Waals surface area contributed by atoms with Crippen molar-refractivity contribution < 1.29 is 0 Å². The molecule has 2 rings (SSSR count). The summed E-state index contributed by atoms with van der Waals surface area (Å²) in [5.41, 5.74) is 3.67. The Balaban J connectivity index is 2.42. The highest BCUT2D eigenvalue weighted by Crippen LogP contribution is 2.31. The Bertz CT molecular complexity index is 588. The first kappa shape index (κ1) is 18.6. The van der Waals surface area contributed by atoms with Crippen molar-refractivity contribution in [3.8, 4) is 0 Å². The van der Waals surface area contributed by atoms with E-state index in [4.69, 9.17) is 0 Å². The van der Waals surface area contributed by atoms with E-state index in [0.29, 0.717) is 6.04 Å². The third-order valence-corrected chi connectivity index (χ3v) is 4.91. The molecule has 130 valence electrons. The van der Waals surface area contributed by atoms with E-state index in [1.165, 1.54) is 49.8 Å². The maximum atomic E-state index is 4.31. The number of hydrogen-bond acceptors (Lipinski definition) is 1. The van der Waals surface area contributed by atoms with Crippen LogP contribution in [0.5, 0.6) is 0 Å². The van der Waals surface area contributed by atoms with Gasteiger partial charge in [0, 0.05) is 17.4 Å². The number of allylic oxidation sites excluding steroid dienone is 1. The summed E-state index contributed by atoms with van der Waals surface area (Å²) in [5.74, 6) is 0.792. The van der Waals surface area contributed by atoms with Gasteiger partial charge in [0.1, 0.15) is 0 Å². The number of anilines is 1. The van der Waals surface area contributed by atoms with Gasteiger partial charge in [-0.2, -0.15) is 0 Å². The molecule has 1 aromatic rings. The normalized spacial score (nSPS) is 21.1. The van der Waals surface area contributed by atoms with E-state index in [1.54, 1.807) is 0 Å². The summed E-state index contributed by atoms with van der Waals surface area (Å²) in [5, 5.41) is 0. The van der Waals surface area contributed by atoms with Crippen molar-refractivity contribution in [1.29, 1.82) is 0 Å². The zero-order chi connectivity index (χ0) is 17.4. The van der Waals surface area contributed by atoms with Crippen LogP contribution >= 0.6 is 0 Å². The second kappa shape index (κ2) is 9.52. The van der Waals surface area contributed by atoms with Gasteiger partial charge in [0.2, 0.25) is 0 Å². The molecule has 0 radical (unpaired) electrons. The summed E-state index contributed by atoms with van der Waals surface area (Å²) in [6.45, 7) is 11.0. The minimum Gasteiger partial charge on any atom is -0.343 e. The Kier molecular flexibility index (Phi) is 7.36. The van der Waals surface area contributed by atoms with Crippen molar-refractivity contribution in [3.63, 3.8) is 0 Å². The minimum atomic E-state index is 0.559. The van der Waals surface area contributed by atoms with E-state index in [-0.39, 0.29) is 0 Å². The molecule has 1 nitrogen and oxygen atoms in total. The molecule has 0 saturated heterocycles. The molecule has 1 fully saturated rings. The van der Waals surface area contributed by atoms with Crippen LogP contribution in [0, 0.1) is 12.8 Å². The molecule has 1 saturated carbocycles. The minimum absolute atomic E-state index is 0.559. The van der Waals surface area contributed by atoms with Crippen molar-refractivity contribution in [3.05, 3.63) is 66.4 Å². The molecule has 0 N–H and O–H groups in total. The highest BCUT2D eigenvalue weighted by atomic mass is 15.2. The lowest BCUT2D eigenvalue weighted by Crippen LogP contribution is -2.35. The second-order valence-corrected chi connectivity index (χ2v) is 7.35. The Morgan fingerprint density at radius 3 is 2.42 bits per heavy atom. The molecule has 1 heteroatoms. The standard InChI is InChI=1S/C23H33N/c1-19(2)24(23-16-12-8-10-14-21(4)18-23)22-15-11-7-5-6-9-13-20(3)17-22/h5-7,9,11,13,15,17,21,23H,1,8,10,12,14,16,18H2,2-4H3. The Morgan fingerprint density at radius 2 is 1.67 bits per heavy atom. The van der Waals surface area contributed by atoms with Crippen LogP contribution in [-0.4, -0.2) is 6.04 Å². The van der Waals surface area contributed by atoms with Crippen molar-refractivity contribution in [2.24, 2.45) is 5.92 Å². The van der Waals surface area contributed by atoms with E-state index < -0.39 is 0 Å². The first-order chi connectivity index (χ1) is 11.6. The molecule has 1 aromatic carbocycles. The molecule has 1 aliphatic rings. The predicted molar refractivity (Wildman–Crippen MR) is 107 cm³/mol. The number of rotatable bonds is 3. The molecule has 0 spiro atoms. The Labute approximate surface area is 148 Å². The van der Waals surface area contributed by atoms with E-state index in [2.05, 4.69) is 80.8 Å². The lowest BCUT2D eigenvalue weighted by Gasteiger charge is -2.36. The van der Waals surface area contributed by atoms with Crippen LogP contribution in [0.3, 0.4) is 0 Å².